The predicted molar refractivity (Wildman–Crippen MR) is 76.5 cm³/mol. The Morgan fingerprint density at radius 2 is 1.83 bits per heavy atom. The zero-order valence-electron chi connectivity index (χ0n) is 11.4. The molecule has 0 fully saturated rings. The molecule has 0 aliphatic rings. The van der Waals surface area contributed by atoms with Crippen molar-refractivity contribution in [2.75, 3.05) is 26.2 Å². The lowest BCUT2D eigenvalue weighted by atomic mass is 10.2. The number of nitrogens with two attached hydrogens (primary N) is 3. The topological polar surface area (TPSA) is 130 Å². The molecular formula is C11H27N7. The molecule has 0 radical (unpaired) electrons. The summed E-state index contributed by atoms with van der Waals surface area (Å²) >= 11 is 0. The van der Waals surface area contributed by atoms with Crippen molar-refractivity contribution < 1.29 is 0 Å². The Hall–Kier alpha value is -1.50. The van der Waals surface area contributed by atoms with E-state index >= 15 is 0 Å². The maximum atomic E-state index is 7.06. The van der Waals surface area contributed by atoms with Crippen molar-refractivity contribution in [1.82, 2.24) is 10.2 Å². The number of nitrogens with zero attached hydrogens (tertiary/aromatic N) is 2. The zero-order valence-corrected chi connectivity index (χ0v) is 11.4. The standard InChI is InChI=1S/C11H27N7/c1-9(2)18(7-3-5-16-10(12)13)8-4-6-17-11(14)15/h9H,3-8H2,1-2H3,(H4,12,13,16)(H4,14,15,17). The molecule has 0 heterocycles. The highest BCUT2D eigenvalue weighted by atomic mass is 15.1. The van der Waals surface area contributed by atoms with Crippen LogP contribution in [0.25, 0.3) is 0 Å². The molecule has 0 bridgehead atoms. The van der Waals surface area contributed by atoms with E-state index in [9.17, 15) is 0 Å². The van der Waals surface area contributed by atoms with E-state index in [1.807, 2.05) is 0 Å². The summed E-state index contributed by atoms with van der Waals surface area (Å²) < 4.78 is 0. The van der Waals surface area contributed by atoms with Gasteiger partial charge in [-0.15, -0.1) is 0 Å². The van der Waals surface area contributed by atoms with Gasteiger partial charge in [-0.2, -0.15) is 0 Å². The highest BCUT2D eigenvalue weighted by Crippen LogP contribution is 2.01. The molecule has 0 saturated carbocycles. The molecule has 0 saturated heterocycles. The number of rotatable bonds is 9. The summed E-state index contributed by atoms with van der Waals surface area (Å²) in [5, 5.41) is 9.86. The number of hydrogen-bond donors (Lipinski definition) is 5. The molecule has 7 nitrogen and oxygen atoms in total. The third-order valence-corrected chi connectivity index (χ3v) is 2.57. The van der Waals surface area contributed by atoms with E-state index in [1.54, 1.807) is 0 Å². The molecule has 0 aromatic carbocycles. The van der Waals surface area contributed by atoms with Crippen LogP contribution in [0.1, 0.15) is 26.7 Å². The first kappa shape index (κ1) is 16.5. The van der Waals surface area contributed by atoms with Gasteiger partial charge in [-0.1, -0.05) is 0 Å². The molecule has 8 N–H and O–H groups in total. The second kappa shape index (κ2) is 9.52. The lowest BCUT2D eigenvalue weighted by molar-refractivity contribution is 0.218. The molecule has 18 heavy (non-hydrogen) atoms. The van der Waals surface area contributed by atoms with Gasteiger partial charge in [-0.25, -0.2) is 0 Å². The van der Waals surface area contributed by atoms with Crippen LogP contribution in [0.15, 0.2) is 4.99 Å². The van der Waals surface area contributed by atoms with Gasteiger partial charge < -0.3 is 27.4 Å². The third-order valence-electron chi connectivity index (χ3n) is 2.57. The Kier molecular flexibility index (Phi) is 8.73. The Morgan fingerprint density at radius 3 is 2.33 bits per heavy atom. The summed E-state index contributed by atoms with van der Waals surface area (Å²) in [5.41, 5.74) is 15.8. The van der Waals surface area contributed by atoms with Crippen LogP contribution in [0.4, 0.5) is 0 Å². The fourth-order valence-corrected chi connectivity index (χ4v) is 1.62. The number of aliphatic imine (C=N–C) groups is 1. The second-order valence-corrected chi connectivity index (χ2v) is 4.48. The van der Waals surface area contributed by atoms with Crippen LogP contribution in [0.2, 0.25) is 0 Å². The molecule has 0 unspecified atom stereocenters. The SMILES string of the molecule is CC(C)N(CCCN=C(N)N)CCCNC(=N)N. The van der Waals surface area contributed by atoms with Gasteiger partial charge in [0.05, 0.1) is 0 Å². The van der Waals surface area contributed by atoms with Crippen LogP contribution < -0.4 is 22.5 Å². The van der Waals surface area contributed by atoms with E-state index in [4.69, 9.17) is 22.6 Å². The summed E-state index contributed by atoms with van der Waals surface area (Å²) in [5.74, 6) is 0.176. The predicted octanol–water partition coefficient (Wildman–Crippen LogP) is -0.767. The molecule has 0 amide bonds. The summed E-state index contributed by atoms with van der Waals surface area (Å²) in [7, 11) is 0. The smallest absolute Gasteiger partial charge is 0.185 e. The highest BCUT2D eigenvalue weighted by molar-refractivity contribution is 5.75. The normalized spacial score (nSPS) is 10.7. The Labute approximate surface area is 109 Å². The average Bonchev–Trinajstić information content (AvgIpc) is 2.25. The first-order valence-electron chi connectivity index (χ1n) is 6.30. The largest absolute Gasteiger partial charge is 0.370 e. The van der Waals surface area contributed by atoms with Crippen LogP contribution in [0.3, 0.4) is 0 Å². The van der Waals surface area contributed by atoms with Gasteiger partial charge in [0.1, 0.15) is 0 Å². The van der Waals surface area contributed by atoms with Crippen LogP contribution in [0.5, 0.6) is 0 Å². The molecule has 106 valence electrons. The summed E-state index contributed by atoms with van der Waals surface area (Å²) in [4.78, 5) is 6.33. The molecule has 0 aliphatic heterocycles. The van der Waals surface area contributed by atoms with Crippen LogP contribution >= 0.6 is 0 Å². The molecule has 0 rings (SSSR count). The average molecular weight is 257 g/mol. The van der Waals surface area contributed by atoms with Gasteiger partial charge >= 0.3 is 0 Å². The minimum absolute atomic E-state index is 0.0267. The van der Waals surface area contributed by atoms with E-state index < -0.39 is 0 Å². The molecule has 7 heteroatoms. The maximum absolute atomic E-state index is 7.06. The minimum Gasteiger partial charge on any atom is -0.370 e. The number of hydrogen-bond acceptors (Lipinski definition) is 3. The molecule has 0 spiro atoms. The quantitative estimate of drug-likeness (QED) is 0.210. The third kappa shape index (κ3) is 9.71. The van der Waals surface area contributed by atoms with E-state index in [1.165, 1.54) is 0 Å². The molecule has 0 aliphatic carbocycles. The summed E-state index contributed by atoms with van der Waals surface area (Å²) in [6.45, 7) is 7.66. The number of guanidine groups is 2. The lowest BCUT2D eigenvalue weighted by Crippen LogP contribution is -2.36. The van der Waals surface area contributed by atoms with Gasteiger partial charge in [-0.05, 0) is 26.7 Å². The lowest BCUT2D eigenvalue weighted by Gasteiger charge is -2.26. The van der Waals surface area contributed by atoms with Gasteiger partial charge in [-0.3, -0.25) is 10.4 Å². The zero-order chi connectivity index (χ0) is 14.0. The summed E-state index contributed by atoms with van der Waals surface area (Å²) in [6.07, 6.45) is 1.90. The Balaban J connectivity index is 3.78. The highest BCUT2D eigenvalue weighted by Gasteiger charge is 2.08. The maximum Gasteiger partial charge on any atom is 0.185 e. The van der Waals surface area contributed by atoms with Crippen LogP contribution in [0, 0.1) is 5.41 Å². The van der Waals surface area contributed by atoms with Gasteiger partial charge in [0.2, 0.25) is 0 Å². The van der Waals surface area contributed by atoms with Crippen molar-refractivity contribution in [2.24, 2.45) is 22.2 Å². The number of nitrogens with one attached hydrogen (secondary N) is 2. The van der Waals surface area contributed by atoms with Gasteiger partial charge in [0.15, 0.2) is 11.9 Å². The summed E-state index contributed by atoms with van der Waals surface area (Å²) in [6, 6.07) is 0.488. The van der Waals surface area contributed by atoms with Gasteiger partial charge in [0.25, 0.3) is 0 Å². The first-order chi connectivity index (χ1) is 8.43. The van der Waals surface area contributed by atoms with Crippen molar-refractivity contribution in [3.05, 3.63) is 0 Å². The van der Waals surface area contributed by atoms with E-state index in [0.29, 0.717) is 12.6 Å². The van der Waals surface area contributed by atoms with Crippen molar-refractivity contribution in [1.29, 1.82) is 5.41 Å². The van der Waals surface area contributed by atoms with E-state index in [-0.39, 0.29) is 11.9 Å². The Morgan fingerprint density at radius 1 is 1.22 bits per heavy atom. The van der Waals surface area contributed by atoms with Crippen molar-refractivity contribution >= 4 is 11.9 Å². The van der Waals surface area contributed by atoms with Crippen molar-refractivity contribution in [2.45, 2.75) is 32.7 Å². The monoisotopic (exact) mass is 257 g/mol. The fourth-order valence-electron chi connectivity index (χ4n) is 1.62. The molecular weight excluding hydrogens is 230 g/mol. The minimum atomic E-state index is 0.0267. The van der Waals surface area contributed by atoms with Gasteiger partial charge in [0, 0.05) is 32.2 Å². The Bertz CT molecular complexity index is 258. The van der Waals surface area contributed by atoms with Crippen LogP contribution in [-0.4, -0.2) is 49.0 Å². The second-order valence-electron chi connectivity index (χ2n) is 4.48. The van der Waals surface area contributed by atoms with Crippen molar-refractivity contribution in [3.63, 3.8) is 0 Å². The fraction of sp³-hybridized carbons (Fsp3) is 0.818. The molecule has 0 aromatic rings. The molecule has 0 aromatic heterocycles. The van der Waals surface area contributed by atoms with Crippen molar-refractivity contribution in [3.8, 4) is 0 Å². The molecule has 0 atom stereocenters. The van der Waals surface area contributed by atoms with E-state index in [2.05, 4.69) is 29.1 Å². The van der Waals surface area contributed by atoms with Crippen LogP contribution in [-0.2, 0) is 0 Å². The first-order valence-corrected chi connectivity index (χ1v) is 6.30. The van der Waals surface area contributed by atoms with E-state index in [0.717, 1.165) is 32.5 Å².